The number of thiophene rings is 1. The van der Waals surface area contributed by atoms with Gasteiger partial charge in [-0.3, -0.25) is 4.79 Å². The lowest BCUT2D eigenvalue weighted by Crippen LogP contribution is -2.13. The Labute approximate surface area is 163 Å². The number of H-pyrrole nitrogens is 1. The van der Waals surface area contributed by atoms with E-state index in [0.717, 1.165) is 24.0 Å². The van der Waals surface area contributed by atoms with E-state index in [2.05, 4.69) is 19.9 Å². The standard InChI is InChI=1S/C17H11F3N4O2S2/c1-8(28-16-21-5-4-11(22-16)17(18,19)20)13-23-14(25)12-9(7-27-15(12)24-13)10-3-2-6-26-10/h2-8H,1H3,(H,23,24,25). The van der Waals surface area contributed by atoms with Crippen molar-refractivity contribution in [2.45, 2.75) is 23.5 Å². The van der Waals surface area contributed by atoms with Gasteiger partial charge in [-0.1, -0.05) is 11.8 Å². The second-order valence-electron chi connectivity index (χ2n) is 5.74. The Morgan fingerprint density at radius 3 is 2.82 bits per heavy atom. The smallest absolute Gasteiger partial charge is 0.433 e. The molecule has 11 heteroatoms. The van der Waals surface area contributed by atoms with Crippen molar-refractivity contribution in [3.05, 3.63) is 57.9 Å². The van der Waals surface area contributed by atoms with Crippen molar-refractivity contribution in [2.24, 2.45) is 0 Å². The number of furan rings is 1. The van der Waals surface area contributed by atoms with E-state index in [4.69, 9.17) is 4.42 Å². The van der Waals surface area contributed by atoms with Crippen molar-refractivity contribution in [2.75, 3.05) is 0 Å². The van der Waals surface area contributed by atoms with Crippen molar-refractivity contribution in [3.8, 4) is 11.3 Å². The van der Waals surface area contributed by atoms with Crippen molar-refractivity contribution in [1.29, 1.82) is 0 Å². The molecule has 4 rings (SSSR count). The summed E-state index contributed by atoms with van der Waals surface area (Å²) in [6.45, 7) is 1.71. The maximum atomic E-state index is 12.8. The van der Waals surface area contributed by atoms with E-state index in [1.165, 1.54) is 17.6 Å². The molecule has 0 bridgehead atoms. The van der Waals surface area contributed by atoms with E-state index in [0.29, 0.717) is 27.4 Å². The first kappa shape index (κ1) is 18.7. The third kappa shape index (κ3) is 3.54. The van der Waals surface area contributed by atoms with Gasteiger partial charge in [0.05, 0.1) is 16.9 Å². The predicted octanol–water partition coefficient (Wildman–Crippen LogP) is 4.91. The van der Waals surface area contributed by atoms with E-state index >= 15 is 0 Å². The molecule has 0 saturated carbocycles. The zero-order valence-corrected chi connectivity index (χ0v) is 15.8. The van der Waals surface area contributed by atoms with Crippen LogP contribution in [-0.2, 0) is 6.18 Å². The molecule has 6 nitrogen and oxygen atoms in total. The molecular formula is C17H11F3N4O2S2. The molecule has 4 aromatic rings. The average Bonchev–Trinajstić information content (AvgIpc) is 3.30. The Morgan fingerprint density at radius 2 is 2.11 bits per heavy atom. The summed E-state index contributed by atoms with van der Waals surface area (Å²) in [6, 6.07) is 4.28. The number of fused-ring (bicyclic) bond motifs is 1. The first-order valence-electron chi connectivity index (χ1n) is 7.95. The molecule has 0 radical (unpaired) electrons. The summed E-state index contributed by atoms with van der Waals surface area (Å²) in [5, 5.41) is 1.68. The highest BCUT2D eigenvalue weighted by atomic mass is 32.2. The van der Waals surface area contributed by atoms with Crippen LogP contribution in [0.1, 0.15) is 23.7 Å². The first-order valence-corrected chi connectivity index (χ1v) is 9.71. The normalized spacial score (nSPS) is 13.1. The van der Waals surface area contributed by atoms with Gasteiger partial charge in [-0.15, -0.1) is 11.3 Å². The maximum Gasteiger partial charge on any atom is 0.433 e. The van der Waals surface area contributed by atoms with Gasteiger partial charge >= 0.3 is 6.18 Å². The third-order valence-electron chi connectivity index (χ3n) is 3.84. The second-order valence-corrected chi connectivity index (χ2v) is 7.91. The third-order valence-corrected chi connectivity index (χ3v) is 5.70. The molecule has 28 heavy (non-hydrogen) atoms. The summed E-state index contributed by atoms with van der Waals surface area (Å²) in [5.41, 5.74) is -0.715. The highest BCUT2D eigenvalue weighted by Gasteiger charge is 2.33. The van der Waals surface area contributed by atoms with Crippen LogP contribution in [-0.4, -0.2) is 19.9 Å². The molecule has 0 fully saturated rings. The van der Waals surface area contributed by atoms with E-state index in [-0.39, 0.29) is 10.7 Å². The molecule has 4 heterocycles. The number of hydrogen-bond donors (Lipinski definition) is 1. The molecule has 1 atom stereocenters. The van der Waals surface area contributed by atoms with Crippen LogP contribution in [0, 0.1) is 0 Å². The number of aromatic amines is 1. The van der Waals surface area contributed by atoms with Gasteiger partial charge in [-0.25, -0.2) is 15.0 Å². The number of nitrogens with zero attached hydrogens (tertiary/aromatic N) is 3. The molecular weight excluding hydrogens is 413 g/mol. The molecule has 0 aromatic carbocycles. The zero-order chi connectivity index (χ0) is 19.9. The van der Waals surface area contributed by atoms with E-state index in [1.807, 2.05) is 0 Å². The fourth-order valence-corrected chi connectivity index (χ4v) is 4.29. The van der Waals surface area contributed by atoms with E-state index in [9.17, 15) is 18.0 Å². The second kappa shape index (κ2) is 7.06. The minimum Gasteiger partial charge on any atom is -0.464 e. The highest BCUT2D eigenvalue weighted by Crippen LogP contribution is 2.35. The number of aromatic nitrogens is 4. The van der Waals surface area contributed by atoms with Crippen LogP contribution in [0.4, 0.5) is 13.2 Å². The first-order chi connectivity index (χ1) is 13.3. The van der Waals surface area contributed by atoms with Crippen LogP contribution in [0.25, 0.3) is 21.5 Å². The quantitative estimate of drug-likeness (QED) is 0.370. The van der Waals surface area contributed by atoms with Crippen LogP contribution < -0.4 is 5.56 Å². The predicted molar refractivity (Wildman–Crippen MR) is 99.2 cm³/mol. The highest BCUT2D eigenvalue weighted by molar-refractivity contribution is 7.99. The van der Waals surface area contributed by atoms with Crippen LogP contribution in [0.3, 0.4) is 0 Å². The van der Waals surface area contributed by atoms with E-state index in [1.54, 1.807) is 24.4 Å². The Bertz CT molecular complexity index is 1190. The van der Waals surface area contributed by atoms with E-state index < -0.39 is 17.1 Å². The summed E-state index contributed by atoms with van der Waals surface area (Å²) < 4.78 is 43.8. The SMILES string of the molecule is CC(Sc1nccc(C(F)(F)F)n1)c1nc2scc(-c3ccco3)c2c(=O)[nH]1. The zero-order valence-electron chi connectivity index (χ0n) is 14.1. The fraction of sp³-hybridized carbons (Fsp3) is 0.176. The van der Waals surface area contributed by atoms with Crippen molar-refractivity contribution < 1.29 is 17.6 Å². The van der Waals surface area contributed by atoms with Gasteiger partial charge in [0.2, 0.25) is 0 Å². The van der Waals surface area contributed by atoms with Gasteiger partial charge < -0.3 is 9.40 Å². The Morgan fingerprint density at radius 1 is 1.29 bits per heavy atom. The van der Waals surface area contributed by atoms with Crippen LogP contribution in [0.15, 0.2) is 50.4 Å². The Balaban J connectivity index is 1.66. The number of rotatable bonds is 4. The van der Waals surface area contributed by atoms with Gasteiger partial charge in [0.15, 0.2) is 5.16 Å². The monoisotopic (exact) mass is 424 g/mol. The van der Waals surface area contributed by atoms with Gasteiger partial charge in [0.25, 0.3) is 5.56 Å². The lowest BCUT2D eigenvalue weighted by molar-refractivity contribution is -0.141. The molecule has 0 aliphatic carbocycles. The molecule has 0 aliphatic rings. The number of nitrogens with one attached hydrogen (secondary N) is 1. The summed E-state index contributed by atoms with van der Waals surface area (Å²) in [7, 11) is 0. The molecule has 144 valence electrons. The van der Waals surface area contributed by atoms with Crippen LogP contribution >= 0.6 is 23.1 Å². The average molecular weight is 424 g/mol. The van der Waals surface area contributed by atoms with Crippen molar-refractivity contribution in [3.63, 3.8) is 0 Å². The van der Waals surface area contributed by atoms with Crippen molar-refractivity contribution in [1.82, 2.24) is 19.9 Å². The number of halogens is 3. The van der Waals surface area contributed by atoms with Gasteiger partial charge in [-0.05, 0) is 25.1 Å². The molecule has 0 spiro atoms. The molecule has 1 unspecified atom stereocenters. The number of thioether (sulfide) groups is 1. The van der Waals surface area contributed by atoms with Crippen LogP contribution in [0.2, 0.25) is 0 Å². The van der Waals surface area contributed by atoms with Gasteiger partial charge in [0.1, 0.15) is 22.1 Å². The minimum absolute atomic E-state index is 0.0486. The molecule has 4 aromatic heterocycles. The number of hydrogen-bond acceptors (Lipinski definition) is 7. The largest absolute Gasteiger partial charge is 0.464 e. The summed E-state index contributed by atoms with van der Waals surface area (Å²) in [6.07, 6.45) is -1.98. The van der Waals surface area contributed by atoms with Crippen molar-refractivity contribution >= 4 is 33.3 Å². The number of alkyl halides is 3. The Kier molecular flexibility index (Phi) is 4.71. The molecule has 0 aliphatic heterocycles. The fourth-order valence-electron chi connectivity index (χ4n) is 2.54. The molecule has 0 amide bonds. The molecule has 1 N–H and O–H groups in total. The minimum atomic E-state index is -4.55. The molecule has 0 saturated heterocycles. The van der Waals surface area contributed by atoms with Gasteiger partial charge in [-0.2, -0.15) is 13.2 Å². The lowest BCUT2D eigenvalue weighted by Gasteiger charge is -2.11. The summed E-state index contributed by atoms with van der Waals surface area (Å²) in [5.74, 6) is 0.891. The van der Waals surface area contributed by atoms with Crippen LogP contribution in [0.5, 0.6) is 0 Å². The maximum absolute atomic E-state index is 12.8. The summed E-state index contributed by atoms with van der Waals surface area (Å²) >= 11 is 2.27. The lowest BCUT2D eigenvalue weighted by atomic mass is 10.2. The summed E-state index contributed by atoms with van der Waals surface area (Å²) in [4.78, 5) is 27.7. The Hall–Kier alpha value is -2.66. The topological polar surface area (TPSA) is 84.7 Å². The van der Waals surface area contributed by atoms with Gasteiger partial charge in [0, 0.05) is 17.1 Å².